The van der Waals surface area contributed by atoms with E-state index in [2.05, 4.69) is 5.32 Å². The molecule has 1 N–H and O–H groups in total. The molecule has 0 aliphatic carbocycles. The van der Waals surface area contributed by atoms with Gasteiger partial charge >= 0.3 is 5.97 Å². The highest BCUT2D eigenvalue weighted by Crippen LogP contribution is 2.30. The van der Waals surface area contributed by atoms with E-state index in [0.29, 0.717) is 13.0 Å². The van der Waals surface area contributed by atoms with Crippen molar-refractivity contribution in [1.29, 1.82) is 0 Å². The molecule has 0 saturated carbocycles. The normalized spacial score (nSPS) is 13.4. The van der Waals surface area contributed by atoms with Crippen LogP contribution < -0.4 is 10.2 Å². The minimum absolute atomic E-state index is 0.0153. The minimum atomic E-state index is -0.378. The second-order valence-electron chi connectivity index (χ2n) is 4.06. The maximum atomic E-state index is 11.9. The number of benzene rings is 1. The second kappa shape index (κ2) is 5.08. The van der Waals surface area contributed by atoms with Gasteiger partial charge in [0.25, 0.3) is 0 Å². The van der Waals surface area contributed by atoms with Crippen LogP contribution in [0.25, 0.3) is 0 Å². The highest BCUT2D eigenvalue weighted by atomic mass is 16.5. The summed E-state index contributed by atoms with van der Waals surface area (Å²) >= 11 is 0. The van der Waals surface area contributed by atoms with E-state index >= 15 is 0 Å². The number of nitrogens with zero attached hydrogens (tertiary/aromatic N) is 1. The Morgan fingerprint density at radius 3 is 2.94 bits per heavy atom. The fourth-order valence-corrected chi connectivity index (χ4v) is 2.05. The predicted molar refractivity (Wildman–Crippen MR) is 68.7 cm³/mol. The molecule has 0 bridgehead atoms. The average Bonchev–Trinajstić information content (AvgIpc) is 2.65. The summed E-state index contributed by atoms with van der Waals surface area (Å²) < 4.78 is 4.87. The van der Waals surface area contributed by atoms with Crippen LogP contribution in [0.15, 0.2) is 18.2 Å². The van der Waals surface area contributed by atoms with Crippen LogP contribution in [0, 0.1) is 0 Å². The molecule has 1 aliphatic heterocycles. The van der Waals surface area contributed by atoms with Crippen molar-refractivity contribution in [3.05, 3.63) is 23.8 Å². The van der Waals surface area contributed by atoms with E-state index in [1.807, 2.05) is 25.2 Å². The molecule has 0 atom stereocenters. The van der Waals surface area contributed by atoms with Crippen LogP contribution in [0.1, 0.15) is 12.5 Å². The summed E-state index contributed by atoms with van der Waals surface area (Å²) in [4.78, 5) is 24.8. The molecule has 0 spiro atoms. The first-order valence-electron chi connectivity index (χ1n) is 5.92. The number of hydrogen-bond acceptors (Lipinski definition) is 4. The first kappa shape index (κ1) is 12.4. The largest absolute Gasteiger partial charge is 0.465 e. The lowest BCUT2D eigenvalue weighted by atomic mass is 10.1. The lowest BCUT2D eigenvalue weighted by molar-refractivity contribution is -0.142. The zero-order valence-electron chi connectivity index (χ0n) is 10.5. The fourth-order valence-electron chi connectivity index (χ4n) is 2.05. The molecule has 1 aliphatic rings. The fraction of sp³-hybridized carbons (Fsp3) is 0.385. The van der Waals surface area contributed by atoms with Gasteiger partial charge in [-0.25, -0.2) is 0 Å². The molecule has 5 nitrogen and oxygen atoms in total. The van der Waals surface area contributed by atoms with Gasteiger partial charge in [0.15, 0.2) is 0 Å². The number of carbonyl (C=O) groups is 2. The molecule has 0 aromatic heterocycles. The van der Waals surface area contributed by atoms with Crippen molar-refractivity contribution < 1.29 is 14.3 Å². The highest BCUT2D eigenvalue weighted by Gasteiger charge is 2.29. The lowest BCUT2D eigenvalue weighted by Gasteiger charge is -2.16. The first-order valence-corrected chi connectivity index (χ1v) is 5.92. The van der Waals surface area contributed by atoms with Gasteiger partial charge in [-0.3, -0.25) is 9.59 Å². The van der Waals surface area contributed by atoms with Crippen LogP contribution in [-0.2, 0) is 20.7 Å². The van der Waals surface area contributed by atoms with Crippen LogP contribution in [-0.4, -0.2) is 32.1 Å². The van der Waals surface area contributed by atoms with E-state index in [0.717, 1.165) is 16.9 Å². The molecular formula is C13H16N2O3. The number of hydrogen-bond donors (Lipinski definition) is 1. The monoisotopic (exact) mass is 248 g/mol. The molecule has 0 fully saturated rings. The number of anilines is 2. The van der Waals surface area contributed by atoms with Gasteiger partial charge < -0.3 is 15.0 Å². The molecule has 2 rings (SSSR count). The third-order valence-electron chi connectivity index (χ3n) is 2.89. The third kappa shape index (κ3) is 2.30. The molecule has 0 radical (unpaired) electrons. The summed E-state index contributed by atoms with van der Waals surface area (Å²) in [6.45, 7) is 2.06. The maximum absolute atomic E-state index is 11.9. The molecule has 18 heavy (non-hydrogen) atoms. The Hall–Kier alpha value is -2.04. The van der Waals surface area contributed by atoms with Crippen LogP contribution in [0.4, 0.5) is 11.4 Å². The standard InChI is InChI=1S/C13H16N2O3/c1-3-18-13(17)8-15-11-5-4-10(14-2)6-9(11)7-12(15)16/h4-6,14H,3,7-8H2,1-2H3. The van der Waals surface area contributed by atoms with Crippen molar-refractivity contribution in [3.63, 3.8) is 0 Å². The Labute approximate surface area is 106 Å². The molecule has 1 heterocycles. The van der Waals surface area contributed by atoms with Crippen LogP contribution >= 0.6 is 0 Å². The summed E-state index contributed by atoms with van der Waals surface area (Å²) in [6.07, 6.45) is 0.338. The summed E-state index contributed by atoms with van der Waals surface area (Å²) in [5.41, 5.74) is 2.70. The van der Waals surface area contributed by atoms with Gasteiger partial charge in [0, 0.05) is 18.4 Å². The molecule has 1 aromatic carbocycles. The number of carbonyl (C=O) groups excluding carboxylic acids is 2. The number of nitrogens with one attached hydrogen (secondary N) is 1. The van der Waals surface area contributed by atoms with Crippen molar-refractivity contribution in [2.24, 2.45) is 0 Å². The smallest absolute Gasteiger partial charge is 0.326 e. The van der Waals surface area contributed by atoms with Gasteiger partial charge in [0.1, 0.15) is 6.54 Å². The van der Waals surface area contributed by atoms with E-state index in [9.17, 15) is 9.59 Å². The zero-order valence-corrected chi connectivity index (χ0v) is 10.5. The zero-order chi connectivity index (χ0) is 13.1. The summed E-state index contributed by atoms with van der Waals surface area (Å²) in [6, 6.07) is 5.67. The van der Waals surface area contributed by atoms with Crippen LogP contribution in [0.5, 0.6) is 0 Å². The van der Waals surface area contributed by atoms with Gasteiger partial charge in [0.2, 0.25) is 5.91 Å². The highest BCUT2D eigenvalue weighted by molar-refractivity contribution is 6.04. The van der Waals surface area contributed by atoms with Crippen molar-refractivity contribution >= 4 is 23.3 Å². The number of esters is 1. The Morgan fingerprint density at radius 1 is 1.50 bits per heavy atom. The number of fused-ring (bicyclic) bond motifs is 1. The Balaban J connectivity index is 2.20. The van der Waals surface area contributed by atoms with E-state index in [1.165, 1.54) is 4.90 Å². The van der Waals surface area contributed by atoms with Gasteiger partial charge in [-0.05, 0) is 30.7 Å². The molecule has 5 heteroatoms. The van der Waals surface area contributed by atoms with E-state index in [1.54, 1.807) is 6.92 Å². The number of rotatable bonds is 4. The van der Waals surface area contributed by atoms with Gasteiger partial charge in [0.05, 0.1) is 13.0 Å². The lowest BCUT2D eigenvalue weighted by Crippen LogP contribution is -2.33. The third-order valence-corrected chi connectivity index (χ3v) is 2.89. The summed E-state index contributed by atoms with van der Waals surface area (Å²) in [5, 5.41) is 3.03. The molecular weight excluding hydrogens is 232 g/mol. The van der Waals surface area contributed by atoms with E-state index < -0.39 is 0 Å². The molecule has 1 aromatic rings. The minimum Gasteiger partial charge on any atom is -0.465 e. The van der Waals surface area contributed by atoms with Gasteiger partial charge in [-0.15, -0.1) is 0 Å². The van der Waals surface area contributed by atoms with E-state index in [4.69, 9.17) is 4.74 Å². The second-order valence-corrected chi connectivity index (χ2v) is 4.06. The Kier molecular flexibility index (Phi) is 3.50. The maximum Gasteiger partial charge on any atom is 0.326 e. The molecule has 1 amide bonds. The van der Waals surface area contributed by atoms with Gasteiger partial charge in [-0.2, -0.15) is 0 Å². The first-order chi connectivity index (χ1) is 8.65. The molecule has 0 unspecified atom stereocenters. The molecule has 96 valence electrons. The molecule has 0 saturated heterocycles. The summed E-state index contributed by atoms with van der Waals surface area (Å²) in [7, 11) is 1.83. The van der Waals surface area contributed by atoms with Crippen LogP contribution in [0.2, 0.25) is 0 Å². The van der Waals surface area contributed by atoms with E-state index in [-0.39, 0.29) is 18.4 Å². The number of amides is 1. The van der Waals surface area contributed by atoms with Crippen molar-refractivity contribution in [2.45, 2.75) is 13.3 Å². The topological polar surface area (TPSA) is 58.6 Å². The van der Waals surface area contributed by atoms with Crippen molar-refractivity contribution in [3.8, 4) is 0 Å². The van der Waals surface area contributed by atoms with Crippen molar-refractivity contribution in [1.82, 2.24) is 0 Å². The SMILES string of the molecule is CCOC(=O)CN1C(=O)Cc2cc(NC)ccc21. The Bertz CT molecular complexity index is 485. The predicted octanol–water partition coefficient (Wildman–Crippen LogP) is 1.18. The average molecular weight is 248 g/mol. The van der Waals surface area contributed by atoms with Gasteiger partial charge in [-0.1, -0.05) is 0 Å². The Morgan fingerprint density at radius 2 is 2.28 bits per heavy atom. The number of ether oxygens (including phenoxy) is 1. The van der Waals surface area contributed by atoms with Crippen molar-refractivity contribution in [2.75, 3.05) is 30.4 Å². The van der Waals surface area contributed by atoms with Crippen LogP contribution in [0.3, 0.4) is 0 Å². The summed E-state index contributed by atoms with van der Waals surface area (Å²) in [5.74, 6) is -0.442. The quantitative estimate of drug-likeness (QED) is 0.813.